The van der Waals surface area contributed by atoms with Crippen molar-refractivity contribution in [2.75, 3.05) is 19.7 Å². The summed E-state index contributed by atoms with van der Waals surface area (Å²) in [5.74, 6) is 3.59. The van der Waals surface area contributed by atoms with Crippen LogP contribution in [0.1, 0.15) is 199 Å². The van der Waals surface area contributed by atoms with Crippen molar-refractivity contribution < 1.29 is 23.4 Å². The summed E-state index contributed by atoms with van der Waals surface area (Å²) < 4.78 is 19.1. The van der Waals surface area contributed by atoms with Gasteiger partial charge < -0.3 is 24.0 Å². The molecule has 0 aromatic heterocycles. The van der Waals surface area contributed by atoms with Crippen LogP contribution in [0.5, 0.6) is 0 Å². The number of nitrogens with zero attached hydrogens (tertiary/aromatic N) is 2. The molecule has 5 saturated carbocycles. The van der Waals surface area contributed by atoms with Crippen LogP contribution in [0.3, 0.4) is 0 Å². The highest BCUT2D eigenvalue weighted by atomic mass is 31.2. The molecule has 6 rings (SSSR count). The standard InChI is InChI=1S/C52H90N3O5P/c1-35(2)45(36(3)4)61(58-31-17-29-53)60-39-32-37(5)55(34-39)44(56)18-15-14-16-30-54-46(57)59-40-19-20-41-49(10,38(40)6)22-21-42-50(41,11)26-28-52(13)43-33-47(7,8)23-24-48(43,9)25-27-51(42,52)12/h35-43,45H,14-28,30-34H2,1-13H3,(H,54,57)/t37-,38+,39-,40+,41-,42+,43-,48-,49-,50+,51-,52+,61?/m1/s1. The number of carbonyl (C=O) groups is 2. The topological polar surface area (TPSA) is 101 Å². The molecule has 0 bridgehead atoms. The van der Waals surface area contributed by atoms with Gasteiger partial charge in [-0.15, -0.1) is 0 Å². The number of rotatable bonds is 15. The van der Waals surface area contributed by atoms with Gasteiger partial charge in [-0.05, 0) is 165 Å². The van der Waals surface area contributed by atoms with Crippen molar-refractivity contribution in [1.29, 1.82) is 5.26 Å². The molecule has 348 valence electrons. The van der Waals surface area contributed by atoms with Gasteiger partial charge in [-0.25, -0.2) is 4.79 Å². The smallest absolute Gasteiger partial charge is 0.407 e. The minimum absolute atomic E-state index is 0.0409. The molecule has 1 unspecified atom stereocenters. The minimum Gasteiger partial charge on any atom is -0.446 e. The SMILES string of the molecule is CC(C)C(C(C)C)P(OCCC#N)O[C@@H]1C[C@@H](C)N(C(=O)CCCCCNC(=O)O[C@H]2CC[C@@H]3[C@](C)(CC[C@H]4[C@@]3(C)CC[C@@]3(C)[C@@H]5CC(C)(C)CC[C@]5(C)CC[C@]43C)[C@H]2C)C1. The summed E-state index contributed by atoms with van der Waals surface area (Å²) in [5, 5.41) is 12.1. The van der Waals surface area contributed by atoms with Gasteiger partial charge in [0.1, 0.15) is 6.10 Å². The molecule has 1 heterocycles. The van der Waals surface area contributed by atoms with Crippen LogP contribution in [0.4, 0.5) is 4.79 Å². The van der Waals surface area contributed by atoms with Gasteiger partial charge in [0.2, 0.25) is 5.91 Å². The van der Waals surface area contributed by atoms with Crippen molar-refractivity contribution >= 4 is 20.4 Å². The third-order valence-electron chi connectivity index (χ3n) is 19.7. The number of alkyl carbamates (subject to hydrolysis) is 1. The second kappa shape index (κ2) is 18.8. The average molecular weight is 868 g/mol. The Morgan fingerprint density at radius 1 is 0.803 bits per heavy atom. The Bertz CT molecular complexity index is 1570. The number of nitriles is 1. The maximum atomic E-state index is 13.4. The van der Waals surface area contributed by atoms with Crippen LogP contribution in [-0.4, -0.2) is 60.5 Å². The van der Waals surface area contributed by atoms with E-state index in [1.165, 1.54) is 57.8 Å². The van der Waals surface area contributed by atoms with Gasteiger partial charge in [0.25, 0.3) is 0 Å². The second-order valence-electron chi connectivity index (χ2n) is 24.5. The Kier molecular flexibility index (Phi) is 15.1. The summed E-state index contributed by atoms with van der Waals surface area (Å²) in [6.45, 7) is 33.4. The molecule has 0 spiro atoms. The number of hydrogen-bond donors (Lipinski definition) is 1. The van der Waals surface area contributed by atoms with Crippen molar-refractivity contribution in [2.24, 2.45) is 68.0 Å². The Morgan fingerprint density at radius 2 is 1.48 bits per heavy atom. The Hall–Kier alpha value is -1.42. The first-order valence-electron chi connectivity index (χ1n) is 25.2. The zero-order valence-corrected chi connectivity index (χ0v) is 42.2. The van der Waals surface area contributed by atoms with E-state index in [0.29, 0.717) is 83.3 Å². The normalized spacial score (nSPS) is 41.0. The van der Waals surface area contributed by atoms with E-state index < -0.39 is 8.38 Å². The van der Waals surface area contributed by atoms with E-state index >= 15 is 0 Å². The maximum absolute atomic E-state index is 13.4. The average Bonchev–Trinajstić information content (AvgIpc) is 3.55. The van der Waals surface area contributed by atoms with Gasteiger partial charge in [0.15, 0.2) is 8.38 Å². The number of amides is 2. The number of fused-ring (bicyclic) bond motifs is 7. The fourth-order valence-electron chi connectivity index (χ4n) is 15.8. The van der Waals surface area contributed by atoms with Crippen LogP contribution in [0.15, 0.2) is 0 Å². The Morgan fingerprint density at radius 3 is 2.16 bits per heavy atom. The van der Waals surface area contributed by atoms with Crippen molar-refractivity contribution in [3.8, 4) is 6.07 Å². The number of likely N-dealkylation sites (tertiary alicyclic amines) is 1. The van der Waals surface area contributed by atoms with Crippen LogP contribution >= 0.6 is 8.38 Å². The Labute approximate surface area is 374 Å². The molecule has 6 aliphatic rings. The highest BCUT2D eigenvalue weighted by molar-refractivity contribution is 7.48. The number of nitrogens with one attached hydrogen (secondary N) is 1. The summed E-state index contributed by atoms with van der Waals surface area (Å²) >= 11 is 0. The molecule has 0 aromatic carbocycles. The molecule has 1 aliphatic heterocycles. The molecule has 9 heteroatoms. The number of hydrogen-bond acceptors (Lipinski definition) is 6. The molecule has 13 atom stereocenters. The van der Waals surface area contributed by atoms with Gasteiger partial charge in [-0.1, -0.05) is 89.5 Å². The van der Waals surface area contributed by atoms with E-state index in [2.05, 4.69) is 101 Å². The van der Waals surface area contributed by atoms with Crippen LogP contribution in [0.25, 0.3) is 0 Å². The highest BCUT2D eigenvalue weighted by Gasteiger charge is 2.71. The summed E-state index contributed by atoms with van der Waals surface area (Å²) in [7, 11) is -1.17. The molecular weight excluding hydrogens is 778 g/mol. The third-order valence-corrected chi connectivity index (χ3v) is 22.3. The van der Waals surface area contributed by atoms with E-state index in [4.69, 9.17) is 19.0 Å². The van der Waals surface area contributed by atoms with Crippen LogP contribution < -0.4 is 5.32 Å². The fourth-order valence-corrected chi connectivity index (χ4v) is 17.8. The van der Waals surface area contributed by atoms with Crippen molar-refractivity contribution in [3.05, 3.63) is 0 Å². The molecule has 0 radical (unpaired) electrons. The molecule has 8 nitrogen and oxygen atoms in total. The van der Waals surface area contributed by atoms with Crippen molar-refractivity contribution in [3.63, 3.8) is 0 Å². The van der Waals surface area contributed by atoms with E-state index in [1.54, 1.807) is 0 Å². The predicted molar refractivity (Wildman–Crippen MR) is 249 cm³/mol. The first kappa shape index (κ1) is 49.0. The van der Waals surface area contributed by atoms with Gasteiger partial charge in [-0.3, -0.25) is 4.79 Å². The molecule has 1 saturated heterocycles. The second-order valence-corrected chi connectivity index (χ2v) is 26.1. The predicted octanol–water partition coefficient (Wildman–Crippen LogP) is 13.5. The highest BCUT2D eigenvalue weighted by Crippen LogP contribution is 2.78. The molecule has 1 N–H and O–H groups in total. The summed E-state index contributed by atoms with van der Waals surface area (Å²) in [6, 6.07) is 2.31. The summed E-state index contributed by atoms with van der Waals surface area (Å²) in [4.78, 5) is 28.6. The van der Waals surface area contributed by atoms with Gasteiger partial charge in [0, 0.05) is 31.2 Å². The lowest BCUT2D eigenvalue weighted by atomic mass is 9.30. The van der Waals surface area contributed by atoms with E-state index in [1.807, 2.05) is 4.90 Å². The van der Waals surface area contributed by atoms with E-state index in [9.17, 15) is 9.59 Å². The Balaban J connectivity index is 0.942. The summed E-state index contributed by atoms with van der Waals surface area (Å²) in [5.41, 5.74) is 2.55. The number of ether oxygens (including phenoxy) is 1. The molecule has 61 heavy (non-hydrogen) atoms. The van der Waals surface area contributed by atoms with E-state index in [-0.39, 0.29) is 41.3 Å². The van der Waals surface area contributed by atoms with Crippen LogP contribution in [0, 0.1) is 79.3 Å². The van der Waals surface area contributed by atoms with Gasteiger partial charge in [0.05, 0.1) is 25.2 Å². The van der Waals surface area contributed by atoms with Gasteiger partial charge in [-0.2, -0.15) is 5.26 Å². The minimum atomic E-state index is -1.17. The first-order valence-corrected chi connectivity index (χ1v) is 26.5. The lowest BCUT2D eigenvalue weighted by Crippen LogP contribution is -2.68. The molecule has 6 fully saturated rings. The van der Waals surface area contributed by atoms with Crippen LogP contribution in [0.2, 0.25) is 0 Å². The van der Waals surface area contributed by atoms with Crippen molar-refractivity contribution in [2.45, 2.75) is 223 Å². The molecule has 0 aromatic rings. The van der Waals surface area contributed by atoms with Gasteiger partial charge >= 0.3 is 6.09 Å². The molecule has 5 aliphatic carbocycles. The zero-order chi connectivity index (χ0) is 44.8. The quantitative estimate of drug-likeness (QED) is 0.130. The molecular formula is C52H90N3O5P. The fraction of sp³-hybridized carbons (Fsp3) is 0.942. The lowest BCUT2D eigenvalue weighted by Gasteiger charge is -2.75. The summed E-state index contributed by atoms with van der Waals surface area (Å²) in [6.07, 6.45) is 18.2. The lowest BCUT2D eigenvalue weighted by molar-refractivity contribution is -0.263. The maximum Gasteiger partial charge on any atom is 0.407 e. The molecule has 2 amide bonds. The van der Waals surface area contributed by atoms with E-state index in [0.717, 1.165) is 50.4 Å². The monoisotopic (exact) mass is 868 g/mol. The largest absolute Gasteiger partial charge is 0.446 e. The zero-order valence-electron chi connectivity index (χ0n) is 41.3. The van der Waals surface area contributed by atoms with Crippen molar-refractivity contribution in [1.82, 2.24) is 10.2 Å². The number of unbranched alkanes of at least 4 members (excludes halogenated alkanes) is 2. The first-order chi connectivity index (χ1) is 28.5. The number of carbonyl (C=O) groups excluding carboxylic acids is 2. The van der Waals surface area contributed by atoms with Crippen LogP contribution in [-0.2, 0) is 18.6 Å². The third kappa shape index (κ3) is 9.49.